The molecule has 9 heteroatoms. The van der Waals surface area contributed by atoms with E-state index in [1.807, 2.05) is 53.9 Å². The van der Waals surface area contributed by atoms with Gasteiger partial charge >= 0.3 is 0 Å². The van der Waals surface area contributed by atoms with Gasteiger partial charge in [0.1, 0.15) is 23.4 Å². The second-order valence-corrected chi connectivity index (χ2v) is 9.64. The molecule has 0 unspecified atom stereocenters. The highest BCUT2D eigenvalue weighted by Gasteiger charge is 2.45. The molecule has 0 saturated carbocycles. The van der Waals surface area contributed by atoms with E-state index in [0.29, 0.717) is 35.9 Å². The summed E-state index contributed by atoms with van der Waals surface area (Å²) in [4.78, 5) is 20.2. The number of hydrogen-bond donors (Lipinski definition) is 1. The molecular formula is C26H24FN7O. The number of imidazole rings is 1. The van der Waals surface area contributed by atoms with Gasteiger partial charge in [-0.05, 0) is 49.7 Å². The molecule has 4 aromatic rings. The van der Waals surface area contributed by atoms with Gasteiger partial charge in [-0.1, -0.05) is 0 Å². The van der Waals surface area contributed by atoms with E-state index in [1.54, 1.807) is 10.7 Å². The van der Waals surface area contributed by atoms with E-state index >= 15 is 0 Å². The van der Waals surface area contributed by atoms with E-state index in [-0.39, 0.29) is 16.9 Å². The minimum atomic E-state index is -0.619. The number of hydrogen-bond acceptors (Lipinski definition) is 5. The van der Waals surface area contributed by atoms with Crippen molar-refractivity contribution in [2.75, 3.05) is 26.2 Å². The lowest BCUT2D eigenvalue weighted by Crippen LogP contribution is -2.55. The maximum absolute atomic E-state index is 14.6. The van der Waals surface area contributed by atoms with Crippen LogP contribution >= 0.6 is 0 Å². The number of nitrogens with one attached hydrogen (secondary N) is 1. The predicted molar refractivity (Wildman–Crippen MR) is 129 cm³/mol. The van der Waals surface area contributed by atoms with Crippen LogP contribution in [0.15, 0.2) is 42.6 Å². The number of aromatic nitrogens is 4. The molecule has 2 aliphatic rings. The van der Waals surface area contributed by atoms with Gasteiger partial charge in [0.15, 0.2) is 0 Å². The molecule has 2 aliphatic heterocycles. The Hall–Kier alpha value is -4.03. The second-order valence-electron chi connectivity index (χ2n) is 9.64. The smallest absolute Gasteiger partial charge is 0.274 e. The quantitative estimate of drug-likeness (QED) is 0.498. The van der Waals surface area contributed by atoms with Crippen molar-refractivity contribution in [1.82, 2.24) is 29.5 Å². The van der Waals surface area contributed by atoms with Crippen molar-refractivity contribution in [2.45, 2.75) is 13.3 Å². The van der Waals surface area contributed by atoms with E-state index < -0.39 is 5.82 Å². The Morgan fingerprint density at radius 1 is 1.23 bits per heavy atom. The summed E-state index contributed by atoms with van der Waals surface area (Å²) >= 11 is 0. The number of fused-ring (bicyclic) bond motifs is 1. The van der Waals surface area contributed by atoms with Gasteiger partial charge in [0.2, 0.25) is 0 Å². The minimum Gasteiger partial charge on any atom is -0.337 e. The minimum absolute atomic E-state index is 0.0341. The van der Waals surface area contributed by atoms with Crippen LogP contribution in [0.25, 0.3) is 28.0 Å². The first-order valence-corrected chi connectivity index (χ1v) is 11.6. The lowest BCUT2D eigenvalue weighted by molar-refractivity contribution is 0.0746. The summed E-state index contributed by atoms with van der Waals surface area (Å²) < 4.78 is 18.2. The third-order valence-electron chi connectivity index (χ3n) is 7.24. The standard InChI is InChI=1S/C26H24FN7O/c1-16-23(25(35)33-8-7-26(15-33)13-29-14-26)30-24(17-3-4-18(11-28)21(27)10-17)34(16)20-5-6-22-19(9-20)12-32(2)31-22/h3-6,9-10,12,29H,7-8,13-15H2,1-2H3. The molecule has 1 N–H and O–H groups in total. The summed E-state index contributed by atoms with van der Waals surface area (Å²) in [6.07, 6.45) is 2.91. The highest BCUT2D eigenvalue weighted by molar-refractivity contribution is 5.95. The molecule has 0 radical (unpaired) electrons. The van der Waals surface area contributed by atoms with E-state index in [0.717, 1.165) is 36.1 Å². The summed E-state index contributed by atoms with van der Waals surface area (Å²) in [6, 6.07) is 12.1. The number of halogens is 1. The van der Waals surface area contributed by atoms with Gasteiger partial charge in [-0.25, -0.2) is 9.37 Å². The lowest BCUT2D eigenvalue weighted by Gasteiger charge is -2.38. The van der Waals surface area contributed by atoms with Gasteiger partial charge in [0, 0.05) is 61.5 Å². The molecule has 6 rings (SSSR count). The summed E-state index contributed by atoms with van der Waals surface area (Å²) in [6.45, 7) is 5.16. The third-order valence-corrected chi connectivity index (χ3v) is 7.24. The van der Waals surface area contributed by atoms with Crippen LogP contribution in [0.4, 0.5) is 4.39 Å². The van der Waals surface area contributed by atoms with Crippen LogP contribution in [-0.4, -0.2) is 56.3 Å². The first-order chi connectivity index (χ1) is 16.9. The van der Waals surface area contributed by atoms with Gasteiger partial charge in [0.25, 0.3) is 5.91 Å². The highest BCUT2D eigenvalue weighted by atomic mass is 19.1. The molecule has 8 nitrogen and oxygen atoms in total. The molecule has 2 fully saturated rings. The topological polar surface area (TPSA) is 91.8 Å². The van der Waals surface area contributed by atoms with Gasteiger partial charge in [0.05, 0.1) is 16.8 Å². The highest BCUT2D eigenvalue weighted by Crippen LogP contribution is 2.36. The molecule has 2 aromatic heterocycles. The zero-order valence-corrected chi connectivity index (χ0v) is 19.5. The van der Waals surface area contributed by atoms with Crippen LogP contribution in [0.5, 0.6) is 0 Å². The van der Waals surface area contributed by atoms with E-state index in [1.165, 1.54) is 12.1 Å². The number of nitriles is 1. The van der Waals surface area contributed by atoms with Crippen molar-refractivity contribution >= 4 is 16.8 Å². The first-order valence-electron chi connectivity index (χ1n) is 11.6. The zero-order chi connectivity index (χ0) is 24.3. The van der Waals surface area contributed by atoms with Crippen LogP contribution in [0, 0.1) is 29.5 Å². The molecule has 0 bridgehead atoms. The SMILES string of the molecule is Cc1c(C(=O)N2CCC3(CNC3)C2)nc(-c2ccc(C#N)c(F)c2)n1-c1ccc2nn(C)cc2c1. The number of likely N-dealkylation sites (tertiary alicyclic amines) is 1. The molecule has 176 valence electrons. The number of amides is 1. The summed E-state index contributed by atoms with van der Waals surface area (Å²) in [7, 11) is 1.87. The monoisotopic (exact) mass is 469 g/mol. The van der Waals surface area contributed by atoms with E-state index in [2.05, 4.69) is 10.4 Å². The maximum Gasteiger partial charge on any atom is 0.274 e. The van der Waals surface area contributed by atoms with Crippen LogP contribution < -0.4 is 5.32 Å². The van der Waals surface area contributed by atoms with E-state index in [4.69, 9.17) is 10.2 Å². The number of aryl methyl sites for hydroxylation is 1. The largest absolute Gasteiger partial charge is 0.337 e. The van der Waals surface area contributed by atoms with Crippen LogP contribution in [0.1, 0.15) is 28.2 Å². The third kappa shape index (κ3) is 3.41. The molecule has 0 atom stereocenters. The van der Waals surface area contributed by atoms with Gasteiger partial charge < -0.3 is 10.2 Å². The molecule has 1 amide bonds. The number of carbonyl (C=O) groups is 1. The second kappa shape index (κ2) is 7.75. The van der Waals surface area contributed by atoms with Gasteiger partial charge in [-0.2, -0.15) is 10.4 Å². The maximum atomic E-state index is 14.6. The Morgan fingerprint density at radius 2 is 2.06 bits per heavy atom. The van der Waals surface area contributed by atoms with Crippen LogP contribution in [-0.2, 0) is 7.05 Å². The van der Waals surface area contributed by atoms with Crippen molar-refractivity contribution in [2.24, 2.45) is 12.5 Å². The van der Waals surface area contributed by atoms with Crippen molar-refractivity contribution in [3.05, 3.63) is 65.4 Å². The lowest BCUT2D eigenvalue weighted by atomic mass is 9.81. The average molecular weight is 470 g/mol. The summed E-state index contributed by atoms with van der Waals surface area (Å²) in [5.74, 6) is -0.272. The fourth-order valence-electron chi connectivity index (χ4n) is 5.26. The fraction of sp³-hybridized carbons (Fsp3) is 0.308. The van der Waals surface area contributed by atoms with Crippen molar-refractivity contribution in [1.29, 1.82) is 5.26 Å². The normalized spacial score (nSPS) is 16.6. The Bertz CT molecular complexity index is 1540. The van der Waals surface area contributed by atoms with Gasteiger partial charge in [-0.15, -0.1) is 0 Å². The van der Waals surface area contributed by atoms with Gasteiger partial charge in [-0.3, -0.25) is 14.0 Å². The Balaban J connectivity index is 1.49. The number of carbonyl (C=O) groups excluding carboxylic acids is 1. The molecule has 1 spiro atoms. The molecule has 2 saturated heterocycles. The van der Waals surface area contributed by atoms with Crippen molar-refractivity contribution in [3.8, 4) is 23.1 Å². The zero-order valence-electron chi connectivity index (χ0n) is 19.5. The molecule has 4 heterocycles. The van der Waals surface area contributed by atoms with Crippen LogP contribution in [0.3, 0.4) is 0 Å². The number of rotatable bonds is 3. The number of nitrogens with zero attached hydrogens (tertiary/aromatic N) is 6. The summed E-state index contributed by atoms with van der Waals surface area (Å²) in [5.41, 5.74) is 3.34. The first kappa shape index (κ1) is 21.5. The Labute approximate surface area is 201 Å². The van der Waals surface area contributed by atoms with E-state index in [9.17, 15) is 9.18 Å². The van der Waals surface area contributed by atoms with Crippen LogP contribution in [0.2, 0.25) is 0 Å². The van der Waals surface area contributed by atoms with Crippen molar-refractivity contribution < 1.29 is 9.18 Å². The predicted octanol–water partition coefficient (Wildman–Crippen LogP) is 3.18. The fourth-order valence-corrected chi connectivity index (χ4v) is 5.26. The Morgan fingerprint density at radius 3 is 2.74 bits per heavy atom. The Kier molecular flexibility index (Phi) is 4.76. The molecule has 2 aromatic carbocycles. The van der Waals surface area contributed by atoms with Crippen molar-refractivity contribution in [3.63, 3.8) is 0 Å². The average Bonchev–Trinajstić information content (AvgIpc) is 3.52. The molecule has 0 aliphatic carbocycles. The molecule has 35 heavy (non-hydrogen) atoms. The molecular weight excluding hydrogens is 445 g/mol. The summed E-state index contributed by atoms with van der Waals surface area (Å²) in [5, 5.41) is 17.9. The number of benzene rings is 2.